The molecular formula is C19H23N5O2. The standard InChI is InChI=1S/C19H23N5O2/c1-12-5-7-23(19(25)16-3-2-8-26-16)11-14(12)18-22-10-13-9-21-17-15(24(13)18)4-6-20-17/h4,6,9-10,12,14,16,20H,2-3,5,7-8,11H2,1H3/t12-,14+,16?/m1/s1. The van der Waals surface area contributed by atoms with Gasteiger partial charge in [0.2, 0.25) is 0 Å². The third-order valence-corrected chi connectivity index (χ3v) is 5.89. The van der Waals surface area contributed by atoms with E-state index in [1.165, 1.54) is 0 Å². The number of rotatable bonds is 2. The van der Waals surface area contributed by atoms with Gasteiger partial charge in [-0.15, -0.1) is 0 Å². The van der Waals surface area contributed by atoms with E-state index in [4.69, 9.17) is 9.72 Å². The van der Waals surface area contributed by atoms with Gasteiger partial charge in [0.1, 0.15) is 11.9 Å². The number of aromatic nitrogens is 4. The lowest BCUT2D eigenvalue weighted by Crippen LogP contribution is -2.46. The topological polar surface area (TPSA) is 75.5 Å². The first-order valence-corrected chi connectivity index (χ1v) is 9.42. The van der Waals surface area contributed by atoms with Crippen molar-refractivity contribution in [2.24, 2.45) is 5.92 Å². The molecule has 0 saturated carbocycles. The number of carbonyl (C=O) groups is 1. The van der Waals surface area contributed by atoms with Crippen LogP contribution < -0.4 is 0 Å². The van der Waals surface area contributed by atoms with Crippen LogP contribution in [0.1, 0.15) is 37.9 Å². The first kappa shape index (κ1) is 15.8. The lowest BCUT2D eigenvalue weighted by Gasteiger charge is -2.37. The summed E-state index contributed by atoms with van der Waals surface area (Å²) in [6, 6.07) is 2.03. The lowest BCUT2D eigenvalue weighted by molar-refractivity contribution is -0.142. The second kappa shape index (κ2) is 6.09. The van der Waals surface area contributed by atoms with Crippen molar-refractivity contribution in [3.05, 3.63) is 30.5 Å². The summed E-state index contributed by atoms with van der Waals surface area (Å²) in [6.07, 6.45) is 8.19. The molecule has 2 saturated heterocycles. The summed E-state index contributed by atoms with van der Waals surface area (Å²) in [7, 11) is 0. The Hall–Kier alpha value is -2.41. The van der Waals surface area contributed by atoms with Gasteiger partial charge in [-0.3, -0.25) is 9.20 Å². The number of carbonyl (C=O) groups excluding carboxylic acids is 1. The quantitative estimate of drug-likeness (QED) is 0.767. The molecule has 0 aromatic carbocycles. The van der Waals surface area contributed by atoms with Crippen LogP contribution in [0.2, 0.25) is 0 Å². The highest BCUT2D eigenvalue weighted by Crippen LogP contribution is 2.33. The number of ether oxygens (including phenoxy) is 1. The molecule has 2 fully saturated rings. The monoisotopic (exact) mass is 353 g/mol. The summed E-state index contributed by atoms with van der Waals surface area (Å²) in [6.45, 7) is 4.47. The number of likely N-dealkylation sites (tertiary alicyclic amines) is 1. The number of piperidine rings is 1. The molecular weight excluding hydrogens is 330 g/mol. The summed E-state index contributed by atoms with van der Waals surface area (Å²) in [5.74, 6) is 1.84. The Balaban J connectivity index is 1.51. The summed E-state index contributed by atoms with van der Waals surface area (Å²) in [4.78, 5) is 27.1. The van der Waals surface area contributed by atoms with Crippen LogP contribution in [-0.4, -0.2) is 56.0 Å². The molecule has 3 atom stereocenters. The van der Waals surface area contributed by atoms with Crippen LogP contribution in [0.5, 0.6) is 0 Å². The fourth-order valence-electron chi connectivity index (χ4n) is 4.34. The molecule has 1 amide bonds. The Kier molecular flexibility index (Phi) is 3.70. The van der Waals surface area contributed by atoms with Crippen molar-refractivity contribution >= 4 is 22.6 Å². The minimum atomic E-state index is -0.248. The van der Waals surface area contributed by atoms with E-state index in [9.17, 15) is 4.79 Å². The van der Waals surface area contributed by atoms with Gasteiger partial charge in [0.15, 0.2) is 5.65 Å². The zero-order valence-corrected chi connectivity index (χ0v) is 14.9. The van der Waals surface area contributed by atoms with E-state index >= 15 is 0 Å². The van der Waals surface area contributed by atoms with Gasteiger partial charge in [-0.1, -0.05) is 6.92 Å². The van der Waals surface area contributed by atoms with Crippen molar-refractivity contribution < 1.29 is 9.53 Å². The maximum Gasteiger partial charge on any atom is 0.251 e. The zero-order valence-electron chi connectivity index (χ0n) is 14.9. The molecule has 1 unspecified atom stereocenters. The number of aromatic amines is 1. The van der Waals surface area contributed by atoms with E-state index in [-0.39, 0.29) is 17.9 Å². The van der Waals surface area contributed by atoms with E-state index in [0.717, 1.165) is 48.3 Å². The predicted molar refractivity (Wildman–Crippen MR) is 96.9 cm³/mol. The number of nitrogens with one attached hydrogen (secondary N) is 1. The highest BCUT2D eigenvalue weighted by Gasteiger charge is 2.36. The molecule has 7 heteroatoms. The first-order valence-electron chi connectivity index (χ1n) is 9.42. The van der Waals surface area contributed by atoms with Crippen molar-refractivity contribution in [1.29, 1.82) is 0 Å². The first-order chi connectivity index (χ1) is 12.7. The minimum Gasteiger partial charge on any atom is -0.368 e. The van der Waals surface area contributed by atoms with Gasteiger partial charge in [-0.2, -0.15) is 0 Å². The van der Waals surface area contributed by atoms with Crippen molar-refractivity contribution in [2.45, 2.75) is 38.2 Å². The Labute approximate surface area is 151 Å². The maximum absolute atomic E-state index is 12.8. The fraction of sp³-hybridized carbons (Fsp3) is 0.526. The summed E-state index contributed by atoms with van der Waals surface area (Å²) < 4.78 is 7.79. The van der Waals surface area contributed by atoms with E-state index in [2.05, 4.69) is 21.3 Å². The van der Waals surface area contributed by atoms with Gasteiger partial charge < -0.3 is 14.6 Å². The van der Waals surface area contributed by atoms with Gasteiger partial charge in [0.05, 0.1) is 23.4 Å². The Bertz CT molecular complexity index is 955. The second-order valence-corrected chi connectivity index (χ2v) is 7.50. The van der Waals surface area contributed by atoms with Gasteiger partial charge >= 0.3 is 0 Å². The summed E-state index contributed by atoms with van der Waals surface area (Å²) >= 11 is 0. The molecule has 0 bridgehead atoms. The van der Waals surface area contributed by atoms with Crippen molar-refractivity contribution in [3.63, 3.8) is 0 Å². The Morgan fingerprint density at radius 3 is 3.04 bits per heavy atom. The van der Waals surface area contributed by atoms with E-state index < -0.39 is 0 Å². The van der Waals surface area contributed by atoms with Gasteiger partial charge in [0, 0.05) is 31.8 Å². The molecule has 3 aromatic rings. The average Bonchev–Trinajstić information content (AvgIpc) is 3.40. The van der Waals surface area contributed by atoms with Crippen LogP contribution in [-0.2, 0) is 9.53 Å². The molecule has 1 N–H and O–H groups in total. The summed E-state index contributed by atoms with van der Waals surface area (Å²) in [5, 5.41) is 0. The molecule has 0 spiro atoms. The normalized spacial score (nSPS) is 26.8. The molecule has 3 aromatic heterocycles. The summed E-state index contributed by atoms with van der Waals surface area (Å²) in [5.41, 5.74) is 2.87. The molecule has 7 nitrogen and oxygen atoms in total. The van der Waals surface area contributed by atoms with Crippen LogP contribution >= 0.6 is 0 Å². The van der Waals surface area contributed by atoms with E-state index in [0.29, 0.717) is 19.1 Å². The smallest absolute Gasteiger partial charge is 0.251 e. The highest BCUT2D eigenvalue weighted by molar-refractivity contribution is 5.81. The van der Waals surface area contributed by atoms with Gasteiger partial charge in [-0.05, 0) is 31.2 Å². The van der Waals surface area contributed by atoms with Gasteiger partial charge in [-0.25, -0.2) is 9.97 Å². The molecule has 136 valence electrons. The maximum atomic E-state index is 12.8. The predicted octanol–water partition coefficient (Wildman–Crippen LogP) is 2.34. The van der Waals surface area contributed by atoms with Crippen LogP contribution in [0.4, 0.5) is 0 Å². The number of imidazole rings is 1. The molecule has 0 radical (unpaired) electrons. The molecule has 26 heavy (non-hydrogen) atoms. The zero-order chi connectivity index (χ0) is 17.7. The largest absolute Gasteiger partial charge is 0.368 e. The van der Waals surface area contributed by atoms with Crippen molar-refractivity contribution in [3.8, 4) is 0 Å². The van der Waals surface area contributed by atoms with E-state index in [1.807, 2.05) is 29.6 Å². The third-order valence-electron chi connectivity index (χ3n) is 5.89. The number of hydrogen-bond acceptors (Lipinski definition) is 4. The number of H-pyrrole nitrogens is 1. The highest BCUT2D eigenvalue weighted by atomic mass is 16.5. The molecule has 2 aliphatic rings. The van der Waals surface area contributed by atoms with E-state index in [1.54, 1.807) is 0 Å². The number of amides is 1. The number of hydrogen-bond donors (Lipinski definition) is 1. The Morgan fingerprint density at radius 1 is 1.31 bits per heavy atom. The molecule has 5 heterocycles. The van der Waals surface area contributed by atoms with Crippen molar-refractivity contribution in [1.82, 2.24) is 24.3 Å². The SMILES string of the molecule is C[C@@H]1CCN(C(=O)C2CCCO2)C[C@@H]1c1ncc2cnc3[nH]ccc3n12. The lowest BCUT2D eigenvalue weighted by atomic mass is 9.86. The van der Waals surface area contributed by atoms with Crippen LogP contribution in [0, 0.1) is 5.92 Å². The molecule has 2 aliphatic heterocycles. The van der Waals surface area contributed by atoms with Crippen LogP contribution in [0.3, 0.4) is 0 Å². The number of fused-ring (bicyclic) bond motifs is 3. The second-order valence-electron chi connectivity index (χ2n) is 7.50. The minimum absolute atomic E-state index is 0.147. The van der Waals surface area contributed by atoms with Crippen LogP contribution in [0.25, 0.3) is 16.7 Å². The van der Waals surface area contributed by atoms with Crippen molar-refractivity contribution in [2.75, 3.05) is 19.7 Å². The molecule has 5 rings (SSSR count). The molecule has 0 aliphatic carbocycles. The fourth-order valence-corrected chi connectivity index (χ4v) is 4.34. The van der Waals surface area contributed by atoms with Gasteiger partial charge in [0.25, 0.3) is 5.91 Å². The third kappa shape index (κ3) is 2.41. The Morgan fingerprint density at radius 2 is 2.19 bits per heavy atom. The average molecular weight is 353 g/mol. The van der Waals surface area contributed by atoms with Crippen LogP contribution in [0.15, 0.2) is 24.7 Å². The number of nitrogens with zero attached hydrogens (tertiary/aromatic N) is 4.